The average molecular weight is 246 g/mol. The summed E-state index contributed by atoms with van der Waals surface area (Å²) in [7, 11) is 0. The van der Waals surface area contributed by atoms with E-state index in [1.807, 2.05) is 17.2 Å². The highest BCUT2D eigenvalue weighted by Gasteiger charge is 2.64. The van der Waals surface area contributed by atoms with Crippen LogP contribution < -0.4 is 0 Å². The van der Waals surface area contributed by atoms with Gasteiger partial charge in [-0.25, -0.2) is 0 Å². The predicted octanol–water partition coefficient (Wildman–Crippen LogP) is 0.0423. The van der Waals surface area contributed by atoms with Crippen LogP contribution in [-0.2, 0) is 14.3 Å². The molecule has 1 saturated carbocycles. The lowest BCUT2D eigenvalue weighted by Crippen LogP contribution is -2.63. The van der Waals surface area contributed by atoms with Crippen molar-refractivity contribution in [1.82, 2.24) is 9.80 Å². The molecule has 1 spiro atoms. The van der Waals surface area contributed by atoms with Gasteiger partial charge < -0.3 is 9.64 Å². The molecule has 0 aromatic carbocycles. The van der Waals surface area contributed by atoms with Gasteiger partial charge in [-0.05, 0) is 6.42 Å². The lowest BCUT2D eigenvalue weighted by atomic mass is 9.97. The van der Waals surface area contributed by atoms with Crippen LogP contribution in [0.4, 0.5) is 0 Å². The third-order valence-electron chi connectivity index (χ3n) is 4.33. The molecule has 5 heteroatoms. The van der Waals surface area contributed by atoms with E-state index in [9.17, 15) is 9.59 Å². The number of carbonyl (C=O) groups is 2. The van der Waals surface area contributed by atoms with E-state index in [1.165, 1.54) is 0 Å². The predicted molar refractivity (Wildman–Crippen MR) is 62.4 cm³/mol. The molecule has 2 atom stereocenters. The van der Waals surface area contributed by atoms with Crippen molar-refractivity contribution in [2.45, 2.75) is 24.6 Å². The van der Waals surface area contributed by atoms with Gasteiger partial charge in [0, 0.05) is 25.0 Å². The smallest absolute Gasteiger partial charge is 0.225 e. The Morgan fingerprint density at radius 3 is 3.17 bits per heavy atom. The van der Waals surface area contributed by atoms with Crippen molar-refractivity contribution >= 4 is 11.6 Å². The molecule has 5 nitrogen and oxygen atoms in total. The molecule has 3 aliphatic heterocycles. The fourth-order valence-corrected chi connectivity index (χ4v) is 3.53. The summed E-state index contributed by atoms with van der Waals surface area (Å²) in [5.41, 5.74) is 0.416. The molecule has 0 bridgehead atoms. The van der Waals surface area contributed by atoms with Crippen LogP contribution in [0.25, 0.3) is 0 Å². The van der Waals surface area contributed by atoms with Gasteiger partial charge in [0.15, 0.2) is 5.72 Å². The number of ketones is 2. The third-order valence-corrected chi connectivity index (χ3v) is 4.33. The molecular weight excluding hydrogens is 232 g/mol. The van der Waals surface area contributed by atoms with Crippen molar-refractivity contribution < 1.29 is 14.3 Å². The zero-order valence-electron chi connectivity index (χ0n) is 9.96. The summed E-state index contributed by atoms with van der Waals surface area (Å²) in [5.74, 6) is -0.605. The van der Waals surface area contributed by atoms with Crippen LogP contribution in [0, 0.1) is 0 Å². The third kappa shape index (κ3) is 1.09. The fourth-order valence-electron chi connectivity index (χ4n) is 3.53. The Kier molecular flexibility index (Phi) is 1.92. The first kappa shape index (κ1) is 10.5. The number of carbonyl (C=O) groups excluding carboxylic acids is 2. The van der Waals surface area contributed by atoms with Crippen molar-refractivity contribution in [3.63, 3.8) is 0 Å². The highest BCUT2D eigenvalue weighted by molar-refractivity contribution is 6.42. The molecule has 4 rings (SSSR count). The van der Waals surface area contributed by atoms with E-state index in [1.54, 1.807) is 0 Å². The van der Waals surface area contributed by atoms with Gasteiger partial charge >= 0.3 is 0 Å². The van der Waals surface area contributed by atoms with Gasteiger partial charge in [0.2, 0.25) is 11.6 Å². The van der Waals surface area contributed by atoms with Crippen LogP contribution in [0.15, 0.2) is 24.0 Å². The summed E-state index contributed by atoms with van der Waals surface area (Å²) in [5, 5.41) is 0. The monoisotopic (exact) mass is 246 g/mol. The van der Waals surface area contributed by atoms with E-state index in [2.05, 4.69) is 11.0 Å². The van der Waals surface area contributed by atoms with Crippen molar-refractivity contribution in [1.29, 1.82) is 0 Å². The molecule has 0 N–H and O–H groups in total. The van der Waals surface area contributed by atoms with Crippen LogP contribution in [0.2, 0.25) is 0 Å². The normalized spacial score (nSPS) is 38.6. The highest BCUT2D eigenvalue weighted by atomic mass is 16.5. The average Bonchev–Trinajstić information content (AvgIpc) is 2.87. The molecule has 0 radical (unpaired) electrons. The zero-order chi connectivity index (χ0) is 12.3. The van der Waals surface area contributed by atoms with Crippen LogP contribution in [0.3, 0.4) is 0 Å². The van der Waals surface area contributed by atoms with Gasteiger partial charge in [0.25, 0.3) is 0 Å². The van der Waals surface area contributed by atoms with Gasteiger partial charge in [0.05, 0.1) is 13.0 Å². The fraction of sp³-hybridized carbons (Fsp3) is 0.538. The molecule has 3 heterocycles. The molecule has 1 aliphatic carbocycles. The number of hydrogen-bond donors (Lipinski definition) is 0. The van der Waals surface area contributed by atoms with Gasteiger partial charge in [-0.2, -0.15) is 0 Å². The van der Waals surface area contributed by atoms with E-state index in [-0.39, 0.29) is 18.0 Å². The zero-order valence-corrected chi connectivity index (χ0v) is 9.96. The first-order valence-corrected chi connectivity index (χ1v) is 6.32. The second kappa shape index (κ2) is 3.30. The largest absolute Gasteiger partial charge is 0.356 e. The Labute approximate surface area is 105 Å². The van der Waals surface area contributed by atoms with Crippen molar-refractivity contribution in [2.75, 3.05) is 19.7 Å². The first-order chi connectivity index (χ1) is 8.72. The maximum atomic E-state index is 12.2. The van der Waals surface area contributed by atoms with Crippen LogP contribution >= 0.6 is 0 Å². The molecule has 18 heavy (non-hydrogen) atoms. The lowest BCUT2D eigenvalue weighted by molar-refractivity contribution is -0.145. The van der Waals surface area contributed by atoms with Gasteiger partial charge in [0.1, 0.15) is 6.04 Å². The molecule has 3 fully saturated rings. The van der Waals surface area contributed by atoms with E-state index in [0.29, 0.717) is 6.61 Å². The maximum Gasteiger partial charge on any atom is 0.225 e. The second-order valence-corrected chi connectivity index (χ2v) is 5.20. The minimum absolute atomic E-state index is 0.202. The SMILES string of the molecule is O=C1CC23OCCN2CC2=CCC=CN2C3C1=O. The minimum Gasteiger partial charge on any atom is -0.356 e. The highest BCUT2D eigenvalue weighted by Crippen LogP contribution is 2.44. The van der Waals surface area contributed by atoms with E-state index >= 15 is 0 Å². The Morgan fingerprint density at radius 1 is 1.39 bits per heavy atom. The number of hydrogen-bond acceptors (Lipinski definition) is 5. The Hall–Kier alpha value is -1.46. The number of rotatable bonds is 0. The quantitative estimate of drug-likeness (QED) is 0.565. The van der Waals surface area contributed by atoms with Crippen LogP contribution in [0.1, 0.15) is 12.8 Å². The first-order valence-electron chi connectivity index (χ1n) is 6.32. The molecule has 0 aromatic heterocycles. The summed E-state index contributed by atoms with van der Waals surface area (Å²) in [6, 6.07) is -0.482. The van der Waals surface area contributed by atoms with Crippen molar-refractivity contribution in [3.8, 4) is 0 Å². The Bertz CT molecular complexity index is 510. The van der Waals surface area contributed by atoms with Crippen LogP contribution in [0.5, 0.6) is 0 Å². The number of ether oxygens (including phenoxy) is 1. The second-order valence-electron chi connectivity index (χ2n) is 5.20. The summed E-state index contributed by atoms with van der Waals surface area (Å²) < 4.78 is 5.84. The molecule has 2 saturated heterocycles. The Balaban J connectivity index is 1.86. The summed E-state index contributed by atoms with van der Waals surface area (Å²) in [6.45, 7) is 2.16. The maximum absolute atomic E-state index is 12.2. The summed E-state index contributed by atoms with van der Waals surface area (Å²) >= 11 is 0. The van der Waals surface area contributed by atoms with E-state index in [0.717, 1.165) is 25.2 Å². The minimum atomic E-state index is -0.701. The molecule has 0 aromatic rings. The van der Waals surface area contributed by atoms with Gasteiger partial charge in [-0.1, -0.05) is 12.2 Å². The van der Waals surface area contributed by atoms with Crippen molar-refractivity contribution in [2.24, 2.45) is 0 Å². The topological polar surface area (TPSA) is 49.9 Å². The molecule has 0 amide bonds. The summed E-state index contributed by atoms with van der Waals surface area (Å²) in [4.78, 5) is 28.1. The lowest BCUT2D eigenvalue weighted by Gasteiger charge is -2.48. The molecular formula is C13H14N2O3. The van der Waals surface area contributed by atoms with Crippen LogP contribution in [-0.4, -0.2) is 52.8 Å². The molecule has 94 valence electrons. The standard InChI is InChI=1S/C13H14N2O3/c16-10-7-13-12(11(10)17)15-4-2-1-3-9(15)8-14(13)5-6-18-13/h2-4,12H,1,5-8H2. The van der Waals surface area contributed by atoms with Gasteiger partial charge in [-0.15, -0.1) is 0 Å². The summed E-state index contributed by atoms with van der Waals surface area (Å²) in [6.07, 6.45) is 7.16. The van der Waals surface area contributed by atoms with Crippen molar-refractivity contribution in [3.05, 3.63) is 24.0 Å². The number of fused-ring (bicyclic) bond motifs is 2. The number of allylic oxidation sites excluding steroid dienone is 2. The van der Waals surface area contributed by atoms with E-state index in [4.69, 9.17) is 4.74 Å². The Morgan fingerprint density at radius 2 is 2.28 bits per heavy atom. The number of piperazine rings is 1. The van der Waals surface area contributed by atoms with Gasteiger partial charge in [-0.3, -0.25) is 14.5 Å². The molecule has 4 aliphatic rings. The number of nitrogens with zero attached hydrogens (tertiary/aromatic N) is 2. The van der Waals surface area contributed by atoms with E-state index < -0.39 is 11.8 Å². The molecule has 2 unspecified atom stereocenters. The number of Topliss-reactive ketones (excluding diaryl/α,β-unsaturated/α-hetero) is 2.